The molecule has 1 N–H and O–H groups in total. The zero-order valence-corrected chi connectivity index (χ0v) is 18.2. The molecule has 0 aliphatic carbocycles. The van der Waals surface area contributed by atoms with Crippen molar-refractivity contribution in [2.45, 2.75) is 6.42 Å². The number of esters is 1. The summed E-state index contributed by atoms with van der Waals surface area (Å²) in [5.41, 5.74) is 0.745. The van der Waals surface area contributed by atoms with Crippen LogP contribution in [0.15, 0.2) is 60.7 Å². The molecule has 0 saturated carbocycles. The Morgan fingerprint density at radius 1 is 1.15 bits per heavy atom. The molecule has 0 unspecified atom stereocenters. The molecule has 1 heterocycles. The number of amides is 2. The Hall–Kier alpha value is -4.47. The number of benzene rings is 3. The summed E-state index contributed by atoms with van der Waals surface area (Å²) >= 11 is 0. The molecule has 3 aromatic carbocycles. The van der Waals surface area contributed by atoms with Crippen molar-refractivity contribution in [2.24, 2.45) is 5.92 Å². The molecule has 174 valence electrons. The summed E-state index contributed by atoms with van der Waals surface area (Å²) in [7, 11) is 1.34. The van der Waals surface area contributed by atoms with E-state index in [4.69, 9.17) is 9.47 Å². The first-order valence-corrected chi connectivity index (χ1v) is 10.4. The fourth-order valence-corrected chi connectivity index (χ4v) is 3.88. The summed E-state index contributed by atoms with van der Waals surface area (Å²) in [6, 6.07) is 16.9. The molecule has 0 radical (unpaired) electrons. The standard InChI is InChI=1S/C24H21N3O7/c1-33-21-12-17(27(31)32)9-10-20(21)26-13-16(11-23(26)29)24(30)34-14-22(28)25-19-8-4-6-15-5-2-3-7-18(15)19/h2-10,12,16H,11,13-14H2,1H3,(H,25,28)/t16-/m1/s1. The van der Waals surface area contributed by atoms with Gasteiger partial charge in [-0.25, -0.2) is 0 Å². The minimum absolute atomic E-state index is 0.0107. The van der Waals surface area contributed by atoms with Gasteiger partial charge in [-0.2, -0.15) is 0 Å². The van der Waals surface area contributed by atoms with Gasteiger partial charge in [0.25, 0.3) is 11.6 Å². The van der Waals surface area contributed by atoms with Gasteiger partial charge in [0.1, 0.15) is 5.75 Å². The lowest BCUT2D eigenvalue weighted by Crippen LogP contribution is -2.28. The van der Waals surface area contributed by atoms with Crippen LogP contribution in [-0.2, 0) is 19.1 Å². The number of nitrogens with one attached hydrogen (secondary N) is 1. The molecule has 0 bridgehead atoms. The first kappa shape index (κ1) is 22.7. The maximum atomic E-state index is 12.5. The van der Waals surface area contributed by atoms with Crippen LogP contribution in [0.2, 0.25) is 0 Å². The highest BCUT2D eigenvalue weighted by Gasteiger charge is 2.37. The van der Waals surface area contributed by atoms with E-state index in [0.29, 0.717) is 11.4 Å². The van der Waals surface area contributed by atoms with Gasteiger partial charge in [-0.1, -0.05) is 36.4 Å². The van der Waals surface area contributed by atoms with Crippen LogP contribution in [0.4, 0.5) is 17.1 Å². The Balaban J connectivity index is 1.37. The highest BCUT2D eigenvalue weighted by Crippen LogP contribution is 2.36. The maximum Gasteiger partial charge on any atom is 0.311 e. The van der Waals surface area contributed by atoms with Gasteiger partial charge < -0.3 is 19.7 Å². The topological polar surface area (TPSA) is 128 Å². The number of carbonyl (C=O) groups excluding carboxylic acids is 3. The third kappa shape index (κ3) is 4.65. The lowest BCUT2D eigenvalue weighted by atomic mass is 10.1. The van der Waals surface area contributed by atoms with Crippen molar-refractivity contribution in [2.75, 3.05) is 30.5 Å². The number of non-ortho nitro benzene ring substituents is 1. The summed E-state index contributed by atoms with van der Waals surface area (Å²) in [5, 5.41) is 15.5. The van der Waals surface area contributed by atoms with Crippen LogP contribution in [0.25, 0.3) is 10.8 Å². The lowest BCUT2D eigenvalue weighted by molar-refractivity contribution is -0.384. The van der Waals surface area contributed by atoms with E-state index in [1.54, 1.807) is 6.07 Å². The molecule has 4 rings (SSSR count). The zero-order valence-electron chi connectivity index (χ0n) is 18.2. The predicted molar refractivity (Wildman–Crippen MR) is 124 cm³/mol. The fraction of sp³-hybridized carbons (Fsp3) is 0.208. The number of hydrogen-bond donors (Lipinski definition) is 1. The molecule has 2 amide bonds. The lowest BCUT2D eigenvalue weighted by Gasteiger charge is -2.19. The van der Waals surface area contributed by atoms with Gasteiger partial charge in [0.05, 0.1) is 29.7 Å². The minimum Gasteiger partial charge on any atom is -0.494 e. The van der Waals surface area contributed by atoms with Crippen LogP contribution < -0.4 is 15.0 Å². The molecule has 1 saturated heterocycles. The maximum absolute atomic E-state index is 12.5. The molecule has 34 heavy (non-hydrogen) atoms. The predicted octanol–water partition coefficient (Wildman–Crippen LogP) is 3.29. The normalized spacial score (nSPS) is 15.3. The Morgan fingerprint density at radius 3 is 2.68 bits per heavy atom. The van der Waals surface area contributed by atoms with Crippen molar-refractivity contribution in [1.82, 2.24) is 0 Å². The smallest absolute Gasteiger partial charge is 0.311 e. The molecule has 10 heteroatoms. The van der Waals surface area contributed by atoms with Crippen LogP contribution in [0.5, 0.6) is 5.75 Å². The summed E-state index contributed by atoms with van der Waals surface area (Å²) < 4.78 is 10.4. The van der Waals surface area contributed by atoms with Crippen LogP contribution in [0, 0.1) is 16.0 Å². The van der Waals surface area contributed by atoms with Crippen LogP contribution in [0.3, 0.4) is 0 Å². The molecule has 0 aromatic heterocycles. The van der Waals surface area contributed by atoms with Gasteiger partial charge in [0, 0.05) is 30.1 Å². The number of nitro benzene ring substituents is 1. The molecule has 1 atom stereocenters. The molecule has 1 aliphatic rings. The van der Waals surface area contributed by atoms with E-state index < -0.39 is 29.3 Å². The van der Waals surface area contributed by atoms with Crippen molar-refractivity contribution in [3.05, 3.63) is 70.8 Å². The number of carbonyl (C=O) groups is 3. The molecule has 1 fully saturated rings. The SMILES string of the molecule is COc1cc([N+](=O)[O-])ccc1N1C[C@H](C(=O)OCC(=O)Nc2cccc3ccccc23)CC1=O. The van der Waals surface area contributed by atoms with E-state index in [1.807, 2.05) is 36.4 Å². The fourth-order valence-electron chi connectivity index (χ4n) is 3.88. The van der Waals surface area contributed by atoms with Crippen molar-refractivity contribution in [1.29, 1.82) is 0 Å². The Labute approximate surface area is 194 Å². The number of anilines is 2. The number of hydrogen-bond acceptors (Lipinski definition) is 7. The quantitative estimate of drug-likeness (QED) is 0.323. The second-order valence-corrected chi connectivity index (χ2v) is 7.70. The highest BCUT2D eigenvalue weighted by molar-refractivity contribution is 6.03. The molecule has 0 spiro atoms. The number of nitrogens with zero attached hydrogens (tertiary/aromatic N) is 2. The monoisotopic (exact) mass is 463 g/mol. The zero-order chi connectivity index (χ0) is 24.2. The molecule has 10 nitrogen and oxygen atoms in total. The van der Waals surface area contributed by atoms with Crippen molar-refractivity contribution in [3.8, 4) is 5.75 Å². The number of rotatable bonds is 7. The second kappa shape index (κ2) is 9.57. The molecular weight excluding hydrogens is 442 g/mol. The number of nitro groups is 1. The number of methoxy groups -OCH3 is 1. The minimum atomic E-state index is -0.780. The Morgan fingerprint density at radius 2 is 1.91 bits per heavy atom. The molecule has 3 aromatic rings. The molecular formula is C24H21N3O7. The van der Waals surface area contributed by atoms with Gasteiger partial charge in [0.15, 0.2) is 6.61 Å². The van der Waals surface area contributed by atoms with E-state index in [-0.39, 0.29) is 30.3 Å². The second-order valence-electron chi connectivity index (χ2n) is 7.70. The largest absolute Gasteiger partial charge is 0.494 e. The van der Waals surface area contributed by atoms with Crippen molar-refractivity contribution in [3.63, 3.8) is 0 Å². The van der Waals surface area contributed by atoms with Crippen molar-refractivity contribution < 1.29 is 28.8 Å². The average molecular weight is 463 g/mol. The third-order valence-electron chi connectivity index (χ3n) is 5.53. The average Bonchev–Trinajstić information content (AvgIpc) is 3.23. The summed E-state index contributed by atoms with van der Waals surface area (Å²) in [6.07, 6.45) is -0.107. The van der Waals surface area contributed by atoms with E-state index in [0.717, 1.165) is 10.8 Å². The summed E-state index contributed by atoms with van der Waals surface area (Å²) in [6.45, 7) is -0.482. The first-order valence-electron chi connectivity index (χ1n) is 10.4. The van der Waals surface area contributed by atoms with Gasteiger partial charge in [-0.15, -0.1) is 0 Å². The van der Waals surface area contributed by atoms with E-state index in [1.165, 1.54) is 30.2 Å². The van der Waals surface area contributed by atoms with Crippen LogP contribution in [-0.4, -0.2) is 43.0 Å². The third-order valence-corrected chi connectivity index (χ3v) is 5.53. The van der Waals surface area contributed by atoms with E-state index in [9.17, 15) is 24.5 Å². The van der Waals surface area contributed by atoms with Gasteiger partial charge in [-0.05, 0) is 17.5 Å². The van der Waals surface area contributed by atoms with Gasteiger partial charge in [0.2, 0.25) is 5.91 Å². The van der Waals surface area contributed by atoms with Gasteiger partial charge >= 0.3 is 5.97 Å². The highest BCUT2D eigenvalue weighted by atomic mass is 16.6. The number of fused-ring (bicyclic) bond motifs is 1. The Kier molecular flexibility index (Phi) is 6.39. The molecule has 1 aliphatic heterocycles. The van der Waals surface area contributed by atoms with Crippen LogP contribution in [0.1, 0.15) is 6.42 Å². The van der Waals surface area contributed by atoms with Crippen LogP contribution >= 0.6 is 0 Å². The number of ether oxygens (including phenoxy) is 2. The summed E-state index contributed by atoms with van der Waals surface area (Å²) in [4.78, 5) is 49.2. The summed E-state index contributed by atoms with van der Waals surface area (Å²) in [5.74, 6) is -2.16. The Bertz CT molecular complexity index is 1290. The van der Waals surface area contributed by atoms with E-state index in [2.05, 4.69) is 5.32 Å². The first-order chi connectivity index (χ1) is 16.4. The van der Waals surface area contributed by atoms with Gasteiger partial charge in [-0.3, -0.25) is 24.5 Å². The van der Waals surface area contributed by atoms with E-state index >= 15 is 0 Å². The van der Waals surface area contributed by atoms with Crippen molar-refractivity contribution >= 4 is 45.6 Å².